The highest BCUT2D eigenvalue weighted by atomic mass is 35.5. The van der Waals surface area contributed by atoms with Crippen molar-refractivity contribution in [3.05, 3.63) is 34.9 Å². The van der Waals surface area contributed by atoms with Gasteiger partial charge >= 0.3 is 0 Å². The summed E-state index contributed by atoms with van der Waals surface area (Å²) in [5.74, 6) is 0.646. The zero-order chi connectivity index (χ0) is 10.3. The summed E-state index contributed by atoms with van der Waals surface area (Å²) in [5, 5.41) is 0.817. The molecule has 0 amide bonds. The molecule has 0 bridgehead atoms. The van der Waals surface area contributed by atoms with E-state index in [-0.39, 0.29) is 0 Å². The molecular weight excluding hydrogens is 180 g/mol. The number of rotatable bonds is 2. The SMILES string of the molecule is CC.CC[C@H](C)c1ccc(Cl)cc1. The quantitative estimate of drug-likeness (QED) is 0.636. The fraction of sp³-hybridized carbons (Fsp3) is 0.500. The maximum atomic E-state index is 5.76. The zero-order valence-electron chi connectivity index (χ0n) is 8.97. The number of halogens is 1. The highest BCUT2D eigenvalue weighted by Gasteiger charge is 2.00. The minimum Gasteiger partial charge on any atom is -0.0843 e. The van der Waals surface area contributed by atoms with E-state index in [1.807, 2.05) is 26.0 Å². The third-order valence-electron chi connectivity index (χ3n) is 2.05. The van der Waals surface area contributed by atoms with Crippen LogP contribution in [0.3, 0.4) is 0 Å². The second-order valence-electron chi connectivity index (χ2n) is 2.86. The van der Waals surface area contributed by atoms with Crippen molar-refractivity contribution in [1.29, 1.82) is 0 Å². The molecule has 1 aromatic rings. The van der Waals surface area contributed by atoms with Crippen LogP contribution in [-0.2, 0) is 0 Å². The fourth-order valence-electron chi connectivity index (χ4n) is 1.03. The van der Waals surface area contributed by atoms with Gasteiger partial charge in [-0.2, -0.15) is 0 Å². The second kappa shape index (κ2) is 6.97. The van der Waals surface area contributed by atoms with E-state index in [0.29, 0.717) is 5.92 Å². The molecule has 1 rings (SSSR count). The molecule has 0 unspecified atom stereocenters. The minimum atomic E-state index is 0.646. The summed E-state index contributed by atoms with van der Waals surface area (Å²) in [6, 6.07) is 8.08. The molecule has 0 saturated carbocycles. The van der Waals surface area contributed by atoms with Crippen LogP contribution in [0, 0.1) is 0 Å². The van der Waals surface area contributed by atoms with Crippen LogP contribution in [0.25, 0.3) is 0 Å². The van der Waals surface area contributed by atoms with Crippen LogP contribution in [0.1, 0.15) is 45.6 Å². The summed E-state index contributed by atoms with van der Waals surface area (Å²) in [6.07, 6.45) is 1.18. The van der Waals surface area contributed by atoms with Gasteiger partial charge in [0, 0.05) is 5.02 Å². The van der Waals surface area contributed by atoms with E-state index in [2.05, 4.69) is 26.0 Å². The highest BCUT2D eigenvalue weighted by Crippen LogP contribution is 2.20. The number of hydrogen-bond donors (Lipinski definition) is 0. The lowest BCUT2D eigenvalue weighted by atomic mass is 9.99. The van der Waals surface area contributed by atoms with E-state index in [1.54, 1.807) is 0 Å². The van der Waals surface area contributed by atoms with Crippen LogP contribution in [-0.4, -0.2) is 0 Å². The molecule has 74 valence electrons. The van der Waals surface area contributed by atoms with Gasteiger partial charge in [0.25, 0.3) is 0 Å². The first-order chi connectivity index (χ1) is 6.24. The maximum Gasteiger partial charge on any atom is 0.0406 e. The maximum absolute atomic E-state index is 5.76. The molecule has 13 heavy (non-hydrogen) atoms. The van der Waals surface area contributed by atoms with Gasteiger partial charge in [-0.25, -0.2) is 0 Å². The van der Waals surface area contributed by atoms with Crippen molar-refractivity contribution in [2.45, 2.75) is 40.0 Å². The Hall–Kier alpha value is -0.490. The fourth-order valence-corrected chi connectivity index (χ4v) is 1.15. The normalized spacial score (nSPS) is 11.5. The molecule has 0 fully saturated rings. The first-order valence-electron chi connectivity index (χ1n) is 4.99. The van der Waals surface area contributed by atoms with Gasteiger partial charge in [-0.1, -0.05) is 51.4 Å². The lowest BCUT2D eigenvalue weighted by Gasteiger charge is -2.07. The predicted molar refractivity (Wildman–Crippen MR) is 61.5 cm³/mol. The standard InChI is InChI=1S/C10H13Cl.C2H6/c1-3-8(2)9-4-6-10(11)7-5-9;1-2/h4-8H,3H2,1-2H3;1-2H3/t8-;/m0./s1. The van der Waals surface area contributed by atoms with Crippen molar-refractivity contribution in [2.75, 3.05) is 0 Å². The lowest BCUT2D eigenvalue weighted by molar-refractivity contribution is 0.734. The summed E-state index contributed by atoms with van der Waals surface area (Å²) < 4.78 is 0. The molecule has 0 nitrogen and oxygen atoms in total. The third kappa shape index (κ3) is 4.33. The van der Waals surface area contributed by atoms with Crippen molar-refractivity contribution in [3.8, 4) is 0 Å². The average molecular weight is 199 g/mol. The molecule has 1 aromatic carbocycles. The van der Waals surface area contributed by atoms with Crippen LogP contribution in [0.4, 0.5) is 0 Å². The molecule has 0 radical (unpaired) electrons. The van der Waals surface area contributed by atoms with Gasteiger partial charge in [0.05, 0.1) is 0 Å². The molecule has 1 atom stereocenters. The molecule has 0 aromatic heterocycles. The van der Waals surface area contributed by atoms with E-state index in [1.165, 1.54) is 12.0 Å². The van der Waals surface area contributed by atoms with E-state index >= 15 is 0 Å². The molecule has 0 heterocycles. The number of benzene rings is 1. The minimum absolute atomic E-state index is 0.646. The van der Waals surface area contributed by atoms with Gasteiger partial charge < -0.3 is 0 Å². The smallest absolute Gasteiger partial charge is 0.0406 e. The Balaban J connectivity index is 0.000000671. The topological polar surface area (TPSA) is 0 Å². The summed E-state index contributed by atoms with van der Waals surface area (Å²) >= 11 is 5.76. The summed E-state index contributed by atoms with van der Waals surface area (Å²) in [5.41, 5.74) is 1.37. The van der Waals surface area contributed by atoms with Crippen molar-refractivity contribution in [1.82, 2.24) is 0 Å². The molecular formula is C12H19Cl. The monoisotopic (exact) mass is 198 g/mol. The van der Waals surface area contributed by atoms with Crippen molar-refractivity contribution in [3.63, 3.8) is 0 Å². The van der Waals surface area contributed by atoms with Crippen molar-refractivity contribution < 1.29 is 0 Å². The average Bonchev–Trinajstić information content (AvgIpc) is 2.21. The van der Waals surface area contributed by atoms with E-state index < -0.39 is 0 Å². The van der Waals surface area contributed by atoms with Gasteiger partial charge in [-0.15, -0.1) is 0 Å². The number of hydrogen-bond acceptors (Lipinski definition) is 0. The van der Waals surface area contributed by atoms with E-state index in [9.17, 15) is 0 Å². The zero-order valence-corrected chi connectivity index (χ0v) is 9.73. The van der Waals surface area contributed by atoms with Crippen LogP contribution in [0.2, 0.25) is 5.02 Å². The summed E-state index contributed by atoms with van der Waals surface area (Å²) in [7, 11) is 0. The summed E-state index contributed by atoms with van der Waals surface area (Å²) in [6.45, 7) is 8.42. The van der Waals surface area contributed by atoms with Crippen LogP contribution in [0.15, 0.2) is 24.3 Å². The van der Waals surface area contributed by atoms with Crippen LogP contribution in [0.5, 0.6) is 0 Å². The second-order valence-corrected chi connectivity index (χ2v) is 3.30. The Morgan fingerprint density at radius 1 is 1.15 bits per heavy atom. The molecule has 0 N–H and O–H groups in total. The molecule has 0 aliphatic rings. The van der Waals surface area contributed by atoms with Gasteiger partial charge in [0.1, 0.15) is 0 Å². The Bertz CT molecular complexity index is 213. The van der Waals surface area contributed by atoms with Crippen molar-refractivity contribution in [2.24, 2.45) is 0 Å². The Labute approximate surface area is 86.9 Å². The lowest BCUT2D eigenvalue weighted by Crippen LogP contribution is -1.89. The molecule has 0 saturated heterocycles. The van der Waals surface area contributed by atoms with Crippen LogP contribution < -0.4 is 0 Å². The summed E-state index contributed by atoms with van der Waals surface area (Å²) in [4.78, 5) is 0. The van der Waals surface area contributed by atoms with Gasteiger partial charge in [-0.3, -0.25) is 0 Å². The Kier molecular flexibility index (Phi) is 6.70. The molecule has 0 spiro atoms. The molecule has 0 aliphatic carbocycles. The third-order valence-corrected chi connectivity index (χ3v) is 2.30. The first kappa shape index (κ1) is 12.5. The molecule has 1 heteroatoms. The van der Waals surface area contributed by atoms with E-state index in [0.717, 1.165) is 5.02 Å². The van der Waals surface area contributed by atoms with Gasteiger partial charge in [0.2, 0.25) is 0 Å². The predicted octanol–water partition coefficient (Wildman–Crippen LogP) is 4.88. The van der Waals surface area contributed by atoms with E-state index in [4.69, 9.17) is 11.6 Å². The molecule has 0 aliphatic heterocycles. The first-order valence-corrected chi connectivity index (χ1v) is 5.37. The van der Waals surface area contributed by atoms with Gasteiger partial charge in [0.15, 0.2) is 0 Å². The van der Waals surface area contributed by atoms with Crippen LogP contribution >= 0.6 is 11.6 Å². The Morgan fingerprint density at radius 2 is 1.62 bits per heavy atom. The largest absolute Gasteiger partial charge is 0.0843 e. The van der Waals surface area contributed by atoms with Crippen molar-refractivity contribution >= 4 is 11.6 Å². The Morgan fingerprint density at radius 3 is 2.00 bits per heavy atom. The highest BCUT2D eigenvalue weighted by molar-refractivity contribution is 6.30. The van der Waals surface area contributed by atoms with Gasteiger partial charge in [-0.05, 0) is 30.0 Å².